The van der Waals surface area contributed by atoms with Gasteiger partial charge in [0.05, 0.1) is 6.26 Å². The molecule has 0 atom stereocenters. The number of amides is 1. The Morgan fingerprint density at radius 3 is 2.68 bits per heavy atom. The molecule has 1 aromatic heterocycles. The van der Waals surface area contributed by atoms with E-state index in [1.54, 1.807) is 18.0 Å². The van der Waals surface area contributed by atoms with Gasteiger partial charge in [0.15, 0.2) is 0 Å². The lowest BCUT2D eigenvalue weighted by molar-refractivity contribution is 0.0953. The predicted octanol–water partition coefficient (Wildman–Crippen LogP) is 3.12. The molecule has 100 valence electrons. The first kappa shape index (κ1) is 13.7. The number of hydrogen-bond donors (Lipinski definition) is 1. The first-order valence-corrected chi connectivity index (χ1v) is 7.57. The van der Waals surface area contributed by atoms with Crippen LogP contribution in [0, 0.1) is 0 Å². The Hall–Kier alpha value is -1.68. The van der Waals surface area contributed by atoms with Crippen LogP contribution in [0.15, 0.2) is 47.1 Å². The van der Waals surface area contributed by atoms with Gasteiger partial charge in [-0.2, -0.15) is 11.8 Å². The van der Waals surface area contributed by atoms with E-state index in [1.807, 2.05) is 36.4 Å². The second-order valence-electron chi connectivity index (χ2n) is 4.22. The van der Waals surface area contributed by atoms with Crippen molar-refractivity contribution in [2.75, 3.05) is 12.8 Å². The van der Waals surface area contributed by atoms with Crippen molar-refractivity contribution in [2.24, 2.45) is 0 Å². The molecule has 0 aliphatic carbocycles. The number of rotatable bonds is 6. The first-order valence-electron chi connectivity index (χ1n) is 6.18. The van der Waals surface area contributed by atoms with Crippen molar-refractivity contribution in [2.45, 2.75) is 12.2 Å². The number of thioether (sulfide) groups is 1. The lowest BCUT2D eigenvalue weighted by Gasteiger charge is -2.05. The zero-order chi connectivity index (χ0) is 13.5. The lowest BCUT2D eigenvalue weighted by atomic mass is 10.1. The average Bonchev–Trinajstić information content (AvgIpc) is 2.93. The molecule has 2 aromatic rings. The summed E-state index contributed by atoms with van der Waals surface area (Å²) in [5.74, 6) is 1.82. The number of furan rings is 1. The van der Waals surface area contributed by atoms with Crippen molar-refractivity contribution in [3.05, 3.63) is 59.5 Å². The quantitative estimate of drug-likeness (QED) is 0.880. The van der Waals surface area contributed by atoms with E-state index < -0.39 is 0 Å². The van der Waals surface area contributed by atoms with Crippen LogP contribution in [-0.4, -0.2) is 18.7 Å². The van der Waals surface area contributed by atoms with Crippen LogP contribution in [0.1, 0.15) is 21.7 Å². The molecule has 1 aromatic carbocycles. The second kappa shape index (κ2) is 7.04. The molecule has 0 bridgehead atoms. The van der Waals surface area contributed by atoms with Gasteiger partial charge in [-0.1, -0.05) is 12.1 Å². The summed E-state index contributed by atoms with van der Waals surface area (Å²) in [6, 6.07) is 11.5. The summed E-state index contributed by atoms with van der Waals surface area (Å²) in [5, 5.41) is 2.88. The van der Waals surface area contributed by atoms with E-state index in [2.05, 4.69) is 11.6 Å². The minimum atomic E-state index is -0.0396. The van der Waals surface area contributed by atoms with Crippen LogP contribution in [0.5, 0.6) is 0 Å². The first-order chi connectivity index (χ1) is 9.29. The third-order valence-corrected chi connectivity index (χ3v) is 3.39. The maximum Gasteiger partial charge on any atom is 0.251 e. The van der Waals surface area contributed by atoms with Crippen molar-refractivity contribution in [1.82, 2.24) is 5.32 Å². The van der Waals surface area contributed by atoms with Gasteiger partial charge in [0.1, 0.15) is 5.76 Å². The Kier molecular flexibility index (Phi) is 5.10. The summed E-state index contributed by atoms with van der Waals surface area (Å²) in [5.41, 5.74) is 1.93. The highest BCUT2D eigenvalue weighted by Gasteiger charge is 2.05. The van der Waals surface area contributed by atoms with Gasteiger partial charge in [-0.3, -0.25) is 4.79 Å². The molecule has 0 saturated heterocycles. The molecule has 0 spiro atoms. The smallest absolute Gasteiger partial charge is 0.251 e. The van der Waals surface area contributed by atoms with Crippen molar-refractivity contribution in [1.29, 1.82) is 0 Å². The standard InChI is InChI=1S/C15H17NO2S/c1-19-11-12-4-6-13(7-5-12)15(17)16-9-8-14-3-2-10-18-14/h2-7,10H,8-9,11H2,1H3,(H,16,17). The Morgan fingerprint density at radius 1 is 1.26 bits per heavy atom. The van der Waals surface area contributed by atoms with Gasteiger partial charge in [-0.15, -0.1) is 0 Å². The molecule has 0 fully saturated rings. The molecule has 2 rings (SSSR count). The summed E-state index contributed by atoms with van der Waals surface area (Å²) >= 11 is 1.77. The topological polar surface area (TPSA) is 42.2 Å². The van der Waals surface area contributed by atoms with Crippen LogP contribution < -0.4 is 5.32 Å². The van der Waals surface area contributed by atoms with Gasteiger partial charge in [0, 0.05) is 24.3 Å². The van der Waals surface area contributed by atoms with E-state index >= 15 is 0 Å². The Bertz CT molecular complexity index is 505. The van der Waals surface area contributed by atoms with Crippen LogP contribution in [0.2, 0.25) is 0 Å². The highest BCUT2D eigenvalue weighted by Crippen LogP contribution is 2.10. The van der Waals surface area contributed by atoms with Crippen LogP contribution >= 0.6 is 11.8 Å². The molecule has 1 N–H and O–H groups in total. The van der Waals surface area contributed by atoms with E-state index in [-0.39, 0.29) is 5.91 Å². The third-order valence-electron chi connectivity index (χ3n) is 2.76. The summed E-state index contributed by atoms with van der Waals surface area (Å²) < 4.78 is 5.21. The SMILES string of the molecule is CSCc1ccc(C(=O)NCCc2ccco2)cc1. The van der Waals surface area contributed by atoms with Gasteiger partial charge in [0.25, 0.3) is 5.91 Å². The van der Waals surface area contributed by atoms with Gasteiger partial charge < -0.3 is 9.73 Å². The second-order valence-corrected chi connectivity index (χ2v) is 5.08. The monoisotopic (exact) mass is 275 g/mol. The summed E-state index contributed by atoms with van der Waals surface area (Å²) in [6.07, 6.45) is 4.42. The van der Waals surface area contributed by atoms with E-state index in [0.29, 0.717) is 18.5 Å². The maximum atomic E-state index is 11.9. The van der Waals surface area contributed by atoms with E-state index in [9.17, 15) is 4.79 Å². The Morgan fingerprint density at radius 2 is 2.05 bits per heavy atom. The zero-order valence-electron chi connectivity index (χ0n) is 10.9. The molecule has 0 radical (unpaired) electrons. The maximum absolute atomic E-state index is 11.9. The van der Waals surface area contributed by atoms with Crippen molar-refractivity contribution in [3.63, 3.8) is 0 Å². The largest absolute Gasteiger partial charge is 0.469 e. The van der Waals surface area contributed by atoms with Crippen LogP contribution in [0.4, 0.5) is 0 Å². The van der Waals surface area contributed by atoms with Crippen LogP contribution in [0.25, 0.3) is 0 Å². The fourth-order valence-corrected chi connectivity index (χ4v) is 2.30. The Labute approximate surface area is 117 Å². The van der Waals surface area contributed by atoms with Gasteiger partial charge in [-0.05, 0) is 36.1 Å². The molecule has 0 aliphatic rings. The van der Waals surface area contributed by atoms with Crippen molar-refractivity contribution >= 4 is 17.7 Å². The molecule has 3 nitrogen and oxygen atoms in total. The predicted molar refractivity (Wildman–Crippen MR) is 78.4 cm³/mol. The van der Waals surface area contributed by atoms with Gasteiger partial charge in [-0.25, -0.2) is 0 Å². The minimum Gasteiger partial charge on any atom is -0.469 e. The number of nitrogens with one attached hydrogen (secondary N) is 1. The van der Waals surface area contributed by atoms with Gasteiger partial charge >= 0.3 is 0 Å². The van der Waals surface area contributed by atoms with Crippen LogP contribution in [0.3, 0.4) is 0 Å². The number of carbonyl (C=O) groups is 1. The molecular weight excluding hydrogens is 258 g/mol. The Balaban J connectivity index is 1.82. The number of carbonyl (C=O) groups excluding carboxylic acids is 1. The number of hydrogen-bond acceptors (Lipinski definition) is 3. The normalized spacial score (nSPS) is 10.4. The summed E-state index contributed by atoms with van der Waals surface area (Å²) in [4.78, 5) is 11.9. The van der Waals surface area contributed by atoms with E-state index in [1.165, 1.54) is 5.56 Å². The summed E-state index contributed by atoms with van der Waals surface area (Å²) in [7, 11) is 0. The molecule has 0 aliphatic heterocycles. The van der Waals surface area contributed by atoms with Crippen molar-refractivity contribution in [3.8, 4) is 0 Å². The third kappa shape index (κ3) is 4.17. The molecule has 1 heterocycles. The zero-order valence-corrected chi connectivity index (χ0v) is 11.7. The fourth-order valence-electron chi connectivity index (χ4n) is 1.78. The van der Waals surface area contributed by atoms with Crippen molar-refractivity contribution < 1.29 is 9.21 Å². The summed E-state index contributed by atoms with van der Waals surface area (Å²) in [6.45, 7) is 0.582. The molecule has 0 unspecified atom stereocenters. The van der Waals surface area contributed by atoms with Crippen LogP contribution in [-0.2, 0) is 12.2 Å². The van der Waals surface area contributed by atoms with E-state index in [4.69, 9.17) is 4.42 Å². The molecular formula is C15H17NO2S. The molecule has 1 amide bonds. The lowest BCUT2D eigenvalue weighted by Crippen LogP contribution is -2.25. The fraction of sp³-hybridized carbons (Fsp3) is 0.267. The molecule has 19 heavy (non-hydrogen) atoms. The highest BCUT2D eigenvalue weighted by molar-refractivity contribution is 7.97. The average molecular weight is 275 g/mol. The molecule has 0 saturated carbocycles. The number of benzene rings is 1. The van der Waals surface area contributed by atoms with E-state index in [0.717, 1.165) is 11.5 Å². The highest BCUT2D eigenvalue weighted by atomic mass is 32.2. The minimum absolute atomic E-state index is 0.0396. The molecule has 4 heteroatoms. The van der Waals surface area contributed by atoms with Gasteiger partial charge in [0.2, 0.25) is 0 Å².